The van der Waals surface area contributed by atoms with E-state index in [0.717, 1.165) is 63.1 Å². The fourth-order valence-corrected chi connectivity index (χ4v) is 7.40. The molecule has 5 aromatic carbocycles. The number of aliphatic imine (C=N–C) groups is 1. The third-order valence-corrected chi connectivity index (χ3v) is 10.1. The quantitative estimate of drug-likeness (QED) is 0.145. The van der Waals surface area contributed by atoms with E-state index in [1.54, 1.807) is 6.20 Å². The monoisotopic (exact) mass is 687 g/mol. The molecule has 0 fully saturated rings. The predicted molar refractivity (Wildman–Crippen MR) is 224 cm³/mol. The van der Waals surface area contributed by atoms with Crippen molar-refractivity contribution in [3.05, 3.63) is 205 Å². The van der Waals surface area contributed by atoms with E-state index in [2.05, 4.69) is 133 Å². The molecular weight excluding hydrogens is 647 g/mol. The minimum atomic E-state index is 0.114. The number of benzene rings is 5. The summed E-state index contributed by atoms with van der Waals surface area (Å²) in [6, 6.07) is 46.2. The van der Waals surface area contributed by atoms with Crippen molar-refractivity contribution in [2.75, 3.05) is 11.9 Å². The van der Waals surface area contributed by atoms with Gasteiger partial charge in [-0.3, -0.25) is 5.41 Å². The molecule has 0 amide bonds. The number of guanidine groups is 1. The molecule has 1 N–H and O–H groups in total. The Morgan fingerprint density at radius 2 is 1.49 bits per heavy atom. The zero-order valence-corrected chi connectivity index (χ0v) is 29.9. The van der Waals surface area contributed by atoms with Gasteiger partial charge in [-0.2, -0.15) is 4.99 Å². The minimum absolute atomic E-state index is 0.114. The molecule has 0 saturated carbocycles. The van der Waals surface area contributed by atoms with Crippen LogP contribution in [0.1, 0.15) is 46.4 Å². The van der Waals surface area contributed by atoms with Gasteiger partial charge < -0.3 is 14.4 Å². The Balaban J connectivity index is 1.26. The highest BCUT2D eigenvalue weighted by molar-refractivity contribution is 6.10. The summed E-state index contributed by atoms with van der Waals surface area (Å²) in [6.45, 7) is 8.88. The van der Waals surface area contributed by atoms with Crippen molar-refractivity contribution in [1.29, 1.82) is 5.41 Å². The van der Waals surface area contributed by atoms with Crippen LogP contribution >= 0.6 is 0 Å². The topological polar surface area (TPSA) is 47.6 Å². The third kappa shape index (κ3) is 6.49. The zero-order chi connectivity index (χ0) is 36.3. The van der Waals surface area contributed by atoms with Gasteiger partial charge in [-0.1, -0.05) is 147 Å². The summed E-state index contributed by atoms with van der Waals surface area (Å²) in [4.78, 5) is 8.85. The molecule has 0 unspecified atom stereocenters. The first-order chi connectivity index (χ1) is 26.0. The van der Waals surface area contributed by atoms with Crippen LogP contribution in [-0.4, -0.2) is 28.3 Å². The summed E-state index contributed by atoms with van der Waals surface area (Å²) in [7, 11) is 1.91. The lowest BCUT2D eigenvalue weighted by atomic mass is 9.91. The number of para-hydroxylation sites is 2. The van der Waals surface area contributed by atoms with Crippen LogP contribution < -0.4 is 4.90 Å². The number of anilines is 1. The molecule has 6 aromatic rings. The molecule has 1 aliphatic carbocycles. The summed E-state index contributed by atoms with van der Waals surface area (Å²) >= 11 is 0. The van der Waals surface area contributed by atoms with Crippen molar-refractivity contribution < 1.29 is 0 Å². The second-order valence-corrected chi connectivity index (χ2v) is 13.4. The molecule has 0 radical (unpaired) electrons. The number of fused-ring (bicyclic) bond motifs is 4. The molecule has 5 nitrogen and oxygen atoms in total. The van der Waals surface area contributed by atoms with Crippen molar-refractivity contribution in [1.82, 2.24) is 9.47 Å². The van der Waals surface area contributed by atoms with Crippen LogP contribution in [0, 0.1) is 5.41 Å². The van der Waals surface area contributed by atoms with Gasteiger partial charge in [0.15, 0.2) is 0 Å². The maximum atomic E-state index is 9.65. The molecular formula is C48H41N5. The average Bonchev–Trinajstić information content (AvgIpc) is 3.55. The standard InChI is InChI=1S/C48H41N5/c1-4-51(3)47(37-18-9-6-10-19-37)50-48(49)52-33-46-43(31-26-34(2)41-22-11-13-24-44(41)52)42-23-12-14-25-45(42)53(46)40-29-27-36(28-30-40)39-21-15-20-38(32-39)35-16-7-5-8-17-35/h4-14,16-19,21-32,49H,1-2,15,20,33H2,3H3/b31-26-,49-48?,50-47-. The Kier molecular flexibility index (Phi) is 9.14. The second kappa shape index (κ2) is 14.5. The molecule has 0 atom stereocenters. The van der Waals surface area contributed by atoms with Crippen molar-refractivity contribution >= 4 is 51.2 Å². The van der Waals surface area contributed by atoms with E-state index >= 15 is 0 Å². The zero-order valence-electron chi connectivity index (χ0n) is 29.9. The number of aromatic nitrogens is 1. The van der Waals surface area contributed by atoms with Gasteiger partial charge in [0.1, 0.15) is 5.84 Å². The molecule has 1 aliphatic heterocycles. The van der Waals surface area contributed by atoms with Crippen molar-refractivity contribution in [2.24, 2.45) is 4.99 Å². The Bertz CT molecular complexity index is 2480. The molecule has 5 heteroatoms. The normalized spacial score (nSPS) is 14.9. The van der Waals surface area contributed by atoms with Gasteiger partial charge in [0.2, 0.25) is 5.96 Å². The Morgan fingerprint density at radius 3 is 2.26 bits per heavy atom. The van der Waals surface area contributed by atoms with Crippen LogP contribution in [-0.2, 0) is 6.54 Å². The highest BCUT2D eigenvalue weighted by Crippen LogP contribution is 2.38. The lowest BCUT2D eigenvalue weighted by Gasteiger charge is -2.27. The van der Waals surface area contributed by atoms with E-state index < -0.39 is 0 Å². The molecule has 2 aliphatic rings. The van der Waals surface area contributed by atoms with Gasteiger partial charge >= 0.3 is 0 Å². The SMILES string of the molecule is C=CN(C)/C(=N\C(=N)N1Cc2c(c3ccccc3n2-c2ccc(C3=CCCC(c4ccccc4)=C3)cc2)/C=C\C(=C)c2ccccc21)c1ccccc1. The number of amidine groups is 1. The fourth-order valence-electron chi connectivity index (χ4n) is 7.40. The molecule has 0 bridgehead atoms. The van der Waals surface area contributed by atoms with Crippen LogP contribution in [0.3, 0.4) is 0 Å². The number of rotatable bonds is 5. The van der Waals surface area contributed by atoms with Crippen molar-refractivity contribution in [3.8, 4) is 5.69 Å². The van der Waals surface area contributed by atoms with Crippen LogP contribution in [0.5, 0.6) is 0 Å². The number of nitrogens with one attached hydrogen (secondary N) is 1. The van der Waals surface area contributed by atoms with Gasteiger partial charge in [0, 0.05) is 34.8 Å². The van der Waals surface area contributed by atoms with Gasteiger partial charge in [-0.05, 0) is 71.2 Å². The van der Waals surface area contributed by atoms with E-state index in [-0.39, 0.29) is 5.96 Å². The first-order valence-corrected chi connectivity index (χ1v) is 18.0. The first-order valence-electron chi connectivity index (χ1n) is 18.0. The molecule has 0 saturated heterocycles. The number of hydrogen-bond donors (Lipinski definition) is 1. The second-order valence-electron chi connectivity index (χ2n) is 13.4. The first kappa shape index (κ1) is 33.4. The van der Waals surface area contributed by atoms with E-state index in [1.807, 2.05) is 59.3 Å². The largest absolute Gasteiger partial charge is 0.336 e. The minimum Gasteiger partial charge on any atom is -0.336 e. The van der Waals surface area contributed by atoms with Crippen molar-refractivity contribution in [2.45, 2.75) is 19.4 Å². The molecule has 1 aromatic heterocycles. The van der Waals surface area contributed by atoms with Gasteiger partial charge in [0.05, 0.1) is 23.4 Å². The summed E-state index contributed by atoms with van der Waals surface area (Å²) in [5.74, 6) is 0.751. The maximum absolute atomic E-state index is 9.65. The highest BCUT2D eigenvalue weighted by atomic mass is 15.3. The molecule has 2 heterocycles. The summed E-state index contributed by atoms with van der Waals surface area (Å²) < 4.78 is 2.34. The van der Waals surface area contributed by atoms with Crippen LogP contribution in [0.25, 0.3) is 39.4 Å². The number of hydrogen-bond acceptors (Lipinski definition) is 1. The average molecular weight is 688 g/mol. The van der Waals surface area contributed by atoms with E-state index in [9.17, 15) is 5.41 Å². The van der Waals surface area contributed by atoms with Crippen molar-refractivity contribution in [3.63, 3.8) is 0 Å². The molecule has 0 spiro atoms. The summed E-state index contributed by atoms with van der Waals surface area (Å²) in [5, 5.41) is 10.8. The number of nitrogens with zero attached hydrogens (tertiary/aromatic N) is 4. The molecule has 53 heavy (non-hydrogen) atoms. The van der Waals surface area contributed by atoms with Crippen LogP contribution in [0.4, 0.5) is 5.69 Å². The van der Waals surface area contributed by atoms with Crippen LogP contribution in [0.15, 0.2) is 176 Å². The van der Waals surface area contributed by atoms with Gasteiger partial charge in [-0.25, -0.2) is 0 Å². The fraction of sp³-hybridized carbons (Fsp3) is 0.0833. The lowest BCUT2D eigenvalue weighted by molar-refractivity contribution is 0.692. The third-order valence-electron chi connectivity index (χ3n) is 10.1. The highest BCUT2D eigenvalue weighted by Gasteiger charge is 2.26. The lowest BCUT2D eigenvalue weighted by Crippen LogP contribution is -2.33. The number of allylic oxidation sites excluding steroid dienone is 6. The van der Waals surface area contributed by atoms with Gasteiger partial charge in [-0.15, -0.1) is 0 Å². The predicted octanol–water partition coefficient (Wildman–Crippen LogP) is 11.4. The van der Waals surface area contributed by atoms with E-state index in [0.29, 0.717) is 12.4 Å². The smallest absolute Gasteiger partial charge is 0.224 e. The Morgan fingerprint density at radius 1 is 0.792 bits per heavy atom. The summed E-state index contributed by atoms with van der Waals surface area (Å²) in [5.41, 5.74) is 13.0. The Hall–Kier alpha value is -6.72. The molecule has 8 rings (SSSR count). The maximum Gasteiger partial charge on any atom is 0.224 e. The van der Waals surface area contributed by atoms with E-state index in [1.165, 1.54) is 22.3 Å². The van der Waals surface area contributed by atoms with E-state index in [4.69, 9.17) is 4.99 Å². The van der Waals surface area contributed by atoms with Gasteiger partial charge in [0.25, 0.3) is 0 Å². The Labute approximate surface area is 311 Å². The van der Waals surface area contributed by atoms with Crippen LogP contribution in [0.2, 0.25) is 0 Å². The molecule has 258 valence electrons. The summed E-state index contributed by atoms with van der Waals surface area (Å²) in [6.07, 6.45) is 12.7.